The zero-order valence-electron chi connectivity index (χ0n) is 12.1. The van der Waals surface area contributed by atoms with Gasteiger partial charge in [0.25, 0.3) is 5.91 Å². The molecule has 106 valence electrons. The summed E-state index contributed by atoms with van der Waals surface area (Å²) in [5, 5.41) is 3.12. The third-order valence-corrected chi connectivity index (χ3v) is 3.68. The highest BCUT2D eigenvalue weighted by molar-refractivity contribution is 5.93. The second-order valence-electron chi connectivity index (χ2n) is 6.35. The summed E-state index contributed by atoms with van der Waals surface area (Å²) in [5.74, 6) is 0.495. The Balaban J connectivity index is 2.08. The molecule has 1 unspecified atom stereocenters. The first-order chi connectivity index (χ1) is 8.95. The van der Waals surface area contributed by atoms with E-state index in [0.29, 0.717) is 18.5 Å². The van der Waals surface area contributed by atoms with Gasteiger partial charge in [-0.05, 0) is 44.2 Å². The molecule has 1 fully saturated rings. The second kappa shape index (κ2) is 5.37. The molecule has 19 heavy (non-hydrogen) atoms. The second-order valence-corrected chi connectivity index (χ2v) is 6.35. The fraction of sp³-hybridized carbons (Fsp3) is 0.667. The largest absolute Gasteiger partial charge is 0.344 e. The molecule has 1 aromatic heterocycles. The van der Waals surface area contributed by atoms with Crippen LogP contribution in [0.15, 0.2) is 18.3 Å². The Kier molecular flexibility index (Phi) is 3.99. The van der Waals surface area contributed by atoms with Gasteiger partial charge >= 0.3 is 0 Å². The molecule has 1 aliphatic carbocycles. The molecule has 3 N–H and O–H groups in total. The van der Waals surface area contributed by atoms with Crippen LogP contribution in [-0.4, -0.2) is 22.6 Å². The van der Waals surface area contributed by atoms with Crippen LogP contribution in [-0.2, 0) is 0 Å². The lowest BCUT2D eigenvalue weighted by Crippen LogP contribution is -2.52. The van der Waals surface area contributed by atoms with Gasteiger partial charge in [-0.15, -0.1) is 0 Å². The minimum absolute atomic E-state index is 0.00880. The van der Waals surface area contributed by atoms with Crippen molar-refractivity contribution in [1.29, 1.82) is 0 Å². The van der Waals surface area contributed by atoms with Crippen molar-refractivity contribution in [3.05, 3.63) is 24.0 Å². The maximum absolute atomic E-state index is 12.4. The van der Waals surface area contributed by atoms with Gasteiger partial charge in [-0.3, -0.25) is 4.79 Å². The van der Waals surface area contributed by atoms with E-state index in [9.17, 15) is 4.79 Å². The summed E-state index contributed by atoms with van der Waals surface area (Å²) in [4.78, 5) is 12.4. The number of aromatic nitrogens is 1. The minimum Gasteiger partial charge on any atom is -0.344 e. The van der Waals surface area contributed by atoms with E-state index >= 15 is 0 Å². The van der Waals surface area contributed by atoms with Crippen molar-refractivity contribution in [2.24, 2.45) is 11.7 Å². The highest BCUT2D eigenvalue weighted by atomic mass is 16.2. The highest BCUT2D eigenvalue weighted by Gasteiger charge is 2.30. The number of carbonyl (C=O) groups excluding carboxylic acids is 1. The number of hydrogen-bond acceptors (Lipinski definition) is 2. The maximum Gasteiger partial charge on any atom is 0.268 e. The Morgan fingerprint density at radius 3 is 2.79 bits per heavy atom. The third-order valence-electron chi connectivity index (χ3n) is 3.68. The van der Waals surface area contributed by atoms with Crippen LogP contribution in [0.4, 0.5) is 0 Å². The summed E-state index contributed by atoms with van der Waals surface area (Å²) in [5.41, 5.74) is 6.27. The molecule has 1 amide bonds. The number of carbonyl (C=O) groups is 1. The number of rotatable bonds is 6. The van der Waals surface area contributed by atoms with Gasteiger partial charge in [0.2, 0.25) is 0 Å². The smallest absolute Gasteiger partial charge is 0.268 e. The molecule has 0 aromatic carbocycles. The quantitative estimate of drug-likeness (QED) is 0.827. The summed E-state index contributed by atoms with van der Waals surface area (Å²) >= 11 is 0. The van der Waals surface area contributed by atoms with Crippen molar-refractivity contribution in [2.45, 2.75) is 51.6 Å². The zero-order chi connectivity index (χ0) is 14.0. The molecule has 1 atom stereocenters. The molecule has 1 saturated carbocycles. The molecule has 0 bridgehead atoms. The molecule has 2 rings (SSSR count). The fourth-order valence-electron chi connectivity index (χ4n) is 2.68. The van der Waals surface area contributed by atoms with E-state index in [0.717, 1.165) is 12.1 Å². The van der Waals surface area contributed by atoms with E-state index in [4.69, 9.17) is 5.73 Å². The number of nitrogens with zero attached hydrogens (tertiary/aromatic N) is 1. The predicted octanol–water partition coefficient (Wildman–Crippen LogP) is 2.32. The van der Waals surface area contributed by atoms with Gasteiger partial charge in [0, 0.05) is 18.8 Å². The van der Waals surface area contributed by atoms with Crippen molar-refractivity contribution in [2.75, 3.05) is 6.54 Å². The molecule has 0 spiro atoms. The average molecular weight is 263 g/mol. The number of nitrogens with one attached hydrogen (secondary N) is 1. The summed E-state index contributed by atoms with van der Waals surface area (Å²) < 4.78 is 2.08. The zero-order valence-corrected chi connectivity index (χ0v) is 12.1. The molecular formula is C15H25N3O. The third kappa shape index (κ3) is 3.38. The monoisotopic (exact) mass is 263 g/mol. The standard InChI is InChI=1S/C15H25N3O/c1-11(2)9-15(3,10-16)17-14(19)13-5-4-8-18(13)12-6-7-12/h4-5,8,11-12H,6-7,9-10,16H2,1-3H3,(H,17,19). The van der Waals surface area contributed by atoms with Crippen LogP contribution in [0, 0.1) is 5.92 Å². The van der Waals surface area contributed by atoms with Gasteiger partial charge in [-0.1, -0.05) is 13.8 Å². The summed E-state index contributed by atoms with van der Waals surface area (Å²) in [7, 11) is 0. The molecule has 1 aliphatic rings. The Labute approximate surface area is 115 Å². The fourth-order valence-corrected chi connectivity index (χ4v) is 2.68. The van der Waals surface area contributed by atoms with Crippen molar-refractivity contribution >= 4 is 5.91 Å². The van der Waals surface area contributed by atoms with E-state index in [1.165, 1.54) is 12.8 Å². The van der Waals surface area contributed by atoms with Gasteiger partial charge in [0.1, 0.15) is 5.69 Å². The average Bonchev–Trinajstić information content (AvgIpc) is 3.05. The summed E-state index contributed by atoms with van der Waals surface area (Å²) in [6.45, 7) is 6.77. The minimum atomic E-state index is -0.329. The van der Waals surface area contributed by atoms with Crippen LogP contribution in [0.1, 0.15) is 56.6 Å². The van der Waals surface area contributed by atoms with Gasteiger partial charge in [-0.2, -0.15) is 0 Å². The van der Waals surface area contributed by atoms with Gasteiger partial charge in [0.05, 0.1) is 5.54 Å². The van der Waals surface area contributed by atoms with E-state index in [1.54, 1.807) is 0 Å². The van der Waals surface area contributed by atoms with E-state index in [1.807, 2.05) is 25.3 Å². The SMILES string of the molecule is CC(C)CC(C)(CN)NC(=O)c1cccn1C1CC1. The van der Waals surface area contributed by atoms with Crippen molar-refractivity contribution in [1.82, 2.24) is 9.88 Å². The van der Waals surface area contributed by atoms with E-state index < -0.39 is 0 Å². The number of hydrogen-bond donors (Lipinski definition) is 2. The Morgan fingerprint density at radius 2 is 2.26 bits per heavy atom. The first kappa shape index (κ1) is 14.1. The van der Waals surface area contributed by atoms with E-state index in [-0.39, 0.29) is 11.4 Å². The van der Waals surface area contributed by atoms with Crippen LogP contribution in [0.25, 0.3) is 0 Å². The summed E-state index contributed by atoms with van der Waals surface area (Å²) in [6.07, 6.45) is 5.23. The molecule has 4 nitrogen and oxygen atoms in total. The molecular weight excluding hydrogens is 238 g/mol. The van der Waals surface area contributed by atoms with Crippen molar-refractivity contribution in [3.63, 3.8) is 0 Å². The lowest BCUT2D eigenvalue weighted by Gasteiger charge is -2.31. The topological polar surface area (TPSA) is 60.0 Å². The van der Waals surface area contributed by atoms with Crippen LogP contribution in [0.3, 0.4) is 0 Å². The first-order valence-corrected chi connectivity index (χ1v) is 7.14. The normalized spacial score (nSPS) is 18.4. The van der Waals surface area contributed by atoms with E-state index in [2.05, 4.69) is 23.7 Å². The number of amides is 1. The molecule has 1 aromatic rings. The molecule has 1 heterocycles. The van der Waals surface area contributed by atoms with Gasteiger partial charge in [0.15, 0.2) is 0 Å². The lowest BCUT2D eigenvalue weighted by atomic mass is 9.90. The first-order valence-electron chi connectivity index (χ1n) is 7.14. The van der Waals surface area contributed by atoms with Crippen LogP contribution in [0.2, 0.25) is 0 Å². The Bertz CT molecular complexity index is 448. The Hall–Kier alpha value is -1.29. The molecule has 0 saturated heterocycles. The predicted molar refractivity (Wildman–Crippen MR) is 77.1 cm³/mol. The van der Waals surface area contributed by atoms with Crippen LogP contribution in [0.5, 0.6) is 0 Å². The lowest BCUT2D eigenvalue weighted by molar-refractivity contribution is 0.0888. The molecule has 4 heteroatoms. The van der Waals surface area contributed by atoms with Crippen molar-refractivity contribution in [3.8, 4) is 0 Å². The van der Waals surface area contributed by atoms with Gasteiger partial charge < -0.3 is 15.6 Å². The van der Waals surface area contributed by atoms with Crippen LogP contribution >= 0.6 is 0 Å². The highest BCUT2D eigenvalue weighted by Crippen LogP contribution is 2.36. The van der Waals surface area contributed by atoms with Gasteiger partial charge in [-0.25, -0.2) is 0 Å². The van der Waals surface area contributed by atoms with Crippen LogP contribution < -0.4 is 11.1 Å². The number of nitrogens with two attached hydrogens (primary N) is 1. The molecule has 0 radical (unpaired) electrons. The summed E-state index contributed by atoms with van der Waals surface area (Å²) in [6, 6.07) is 4.35. The Morgan fingerprint density at radius 1 is 1.58 bits per heavy atom. The molecule has 0 aliphatic heterocycles. The van der Waals surface area contributed by atoms with Crippen molar-refractivity contribution < 1.29 is 4.79 Å². The maximum atomic E-state index is 12.4.